The highest BCUT2D eigenvalue weighted by Gasteiger charge is 2.60. The molecule has 6 unspecified atom stereocenters. The summed E-state index contributed by atoms with van der Waals surface area (Å²) in [5.74, 6) is -9.76. The lowest BCUT2D eigenvalue weighted by molar-refractivity contribution is -0.289. The van der Waals surface area contributed by atoms with Crippen molar-refractivity contribution in [2.45, 2.75) is 165 Å². The Labute approximate surface area is 425 Å². The van der Waals surface area contributed by atoms with Gasteiger partial charge in [-0.2, -0.15) is 11.8 Å². The van der Waals surface area contributed by atoms with Crippen LogP contribution < -0.4 is 36.6 Å². The molecule has 1 aromatic carbocycles. The Hall–Kier alpha value is -6.31. The molecule has 3 aliphatic heterocycles. The first-order valence-corrected chi connectivity index (χ1v) is 25.0. The van der Waals surface area contributed by atoms with Gasteiger partial charge in [0.25, 0.3) is 6.43 Å². The third-order valence-corrected chi connectivity index (χ3v) is 13.2. The molecular weight excluding hydrogens is 991 g/mol. The van der Waals surface area contributed by atoms with E-state index in [0.29, 0.717) is 31.2 Å². The van der Waals surface area contributed by atoms with E-state index in [0.717, 1.165) is 104 Å². The Morgan fingerprint density at radius 2 is 1.47 bits per heavy atom. The van der Waals surface area contributed by atoms with Gasteiger partial charge in [-0.1, -0.05) is 19.3 Å². The van der Waals surface area contributed by atoms with E-state index in [1.807, 2.05) is 11.8 Å². The lowest BCUT2D eigenvalue weighted by Gasteiger charge is -2.48. The van der Waals surface area contributed by atoms with Crippen LogP contribution in [-0.2, 0) is 71.6 Å². The number of ether oxygens (including phenoxy) is 7. The highest BCUT2D eigenvalue weighted by Crippen LogP contribution is 2.41. The summed E-state index contributed by atoms with van der Waals surface area (Å²) < 4.78 is 68.2. The number of hydrogen-bond acceptors (Lipinski definition) is 18. The first-order chi connectivity index (χ1) is 34.6. The van der Waals surface area contributed by atoms with Crippen LogP contribution >= 0.6 is 11.8 Å². The highest BCUT2D eigenvalue weighted by molar-refractivity contribution is 8.00. The molecule has 3 aliphatic rings. The summed E-state index contributed by atoms with van der Waals surface area (Å²) >= 11 is 1.85. The number of benzene rings is 1. The van der Waals surface area contributed by atoms with Crippen LogP contribution in [0.5, 0.6) is 5.75 Å². The van der Waals surface area contributed by atoms with E-state index in [4.69, 9.17) is 33.2 Å². The molecule has 0 saturated carbocycles. The number of thioether (sulfide) groups is 1. The third-order valence-electron chi connectivity index (χ3n) is 11.7. The number of esters is 5. The zero-order valence-corrected chi connectivity index (χ0v) is 42.5. The summed E-state index contributed by atoms with van der Waals surface area (Å²) in [6.07, 6.45) is -5.77. The van der Waals surface area contributed by atoms with Gasteiger partial charge in [0.05, 0.1) is 37.2 Å². The lowest BCUT2D eigenvalue weighted by Crippen LogP contribution is -2.70. The van der Waals surface area contributed by atoms with Gasteiger partial charge in [-0.05, 0) is 43.9 Å². The number of fused-ring (bicyclic) bond motifs is 1. The molecule has 3 saturated heterocycles. The molecule has 0 spiro atoms. The summed E-state index contributed by atoms with van der Waals surface area (Å²) in [5, 5.41) is 16.9. The molecule has 1 aromatic rings. The van der Waals surface area contributed by atoms with Gasteiger partial charge < -0.3 is 65.1 Å². The van der Waals surface area contributed by atoms with E-state index in [2.05, 4.69) is 31.9 Å². The zero-order valence-electron chi connectivity index (χ0n) is 41.6. The maximum atomic E-state index is 14.8. The van der Waals surface area contributed by atoms with E-state index in [-0.39, 0.29) is 42.6 Å². The maximum absolute atomic E-state index is 14.8. The van der Waals surface area contributed by atoms with Crippen LogP contribution in [0.25, 0.3) is 0 Å². The molecule has 26 heteroatoms. The van der Waals surface area contributed by atoms with E-state index >= 15 is 0 Å². The largest absolute Gasteiger partial charge is 0.464 e. The number of rotatable bonds is 28. The number of carbonyl (C=O) groups excluding carboxylic acids is 10. The van der Waals surface area contributed by atoms with Crippen molar-refractivity contribution >= 4 is 77.0 Å². The standard InChI is InChI=1S/C47H66F2N6O17S/c1-25(56)52-41-34(68-27(3)58)22-47(45(64)66-6,72-43(41)42(70-29(5)60)35(69-28(4)59)23-67-26(2)57)71-33-16-15-30(21-31(33)44(48)49)53-39(63)18-17-38(62)51-20-12-8-7-11-19-50-37(61)14-10-9-13-36-40-32(24-73-36)54-46(65)55-40/h15-16,21,32,34-36,40-44H,7-14,17-20,22-24H2,1-6H3,(H,50,61)(H,51,62)(H,52,56)(H,53,63)(H2,54,55,65)/t32?,34?,35-,36?,40?,41-,42-,43?,47?/m1/s1. The van der Waals surface area contributed by atoms with E-state index in [1.165, 1.54) is 0 Å². The van der Waals surface area contributed by atoms with Crippen LogP contribution in [0.2, 0.25) is 0 Å². The minimum Gasteiger partial charge on any atom is -0.464 e. The average molecular weight is 1060 g/mol. The molecule has 3 fully saturated rings. The molecule has 73 heavy (non-hydrogen) atoms. The summed E-state index contributed by atoms with van der Waals surface area (Å²) in [4.78, 5) is 125. The van der Waals surface area contributed by atoms with E-state index in [1.54, 1.807) is 0 Å². The second-order valence-corrected chi connectivity index (χ2v) is 18.9. The van der Waals surface area contributed by atoms with Gasteiger partial charge in [-0.3, -0.25) is 38.4 Å². The topological polar surface area (TPSA) is 307 Å². The fourth-order valence-electron chi connectivity index (χ4n) is 8.53. The Balaban J connectivity index is 1.33. The number of unbranched alkanes of at least 4 members (excludes halogenated alkanes) is 4. The van der Waals surface area contributed by atoms with Crippen LogP contribution in [0.1, 0.15) is 117 Å². The minimum atomic E-state index is -3.33. The molecule has 0 aromatic heterocycles. The molecule has 406 valence electrons. The molecule has 0 bridgehead atoms. The number of amides is 6. The van der Waals surface area contributed by atoms with Gasteiger partial charge >= 0.3 is 41.7 Å². The monoisotopic (exact) mass is 1060 g/mol. The van der Waals surface area contributed by atoms with Gasteiger partial charge in [-0.25, -0.2) is 18.4 Å². The third kappa shape index (κ3) is 18.9. The number of urea groups is 1. The second-order valence-electron chi connectivity index (χ2n) is 17.6. The van der Waals surface area contributed by atoms with Crippen molar-refractivity contribution < 1.29 is 89.9 Å². The fourth-order valence-corrected chi connectivity index (χ4v) is 10.1. The lowest BCUT2D eigenvalue weighted by atomic mass is 9.88. The normalized spacial score (nSPS) is 22.7. The maximum Gasteiger partial charge on any atom is 0.379 e. The van der Waals surface area contributed by atoms with Gasteiger partial charge in [-0.15, -0.1) is 0 Å². The molecule has 23 nitrogen and oxygen atoms in total. The van der Waals surface area contributed by atoms with E-state index < -0.39 is 115 Å². The number of anilines is 1. The minimum absolute atomic E-state index is 0.00312. The molecule has 0 aliphatic carbocycles. The van der Waals surface area contributed by atoms with Crippen molar-refractivity contribution in [3.63, 3.8) is 0 Å². The van der Waals surface area contributed by atoms with Crippen LogP contribution in [0.3, 0.4) is 0 Å². The van der Waals surface area contributed by atoms with Gasteiger partial charge in [0.1, 0.15) is 24.6 Å². The SMILES string of the molecule is COC(=O)C1(Oc2ccc(NC(=O)CCC(=O)NCCCCCCNC(=O)CCCCC3SCC4NC(=O)NC43)cc2C(F)F)CC(OC(C)=O)[C@@H](NC(C)=O)C([C@H](OC(C)=O)[C@@H](COC(C)=O)OC(C)=O)O1. The van der Waals surface area contributed by atoms with Crippen molar-refractivity contribution in [1.29, 1.82) is 0 Å². The van der Waals surface area contributed by atoms with Crippen LogP contribution in [0.15, 0.2) is 18.2 Å². The van der Waals surface area contributed by atoms with Gasteiger partial charge in [0.15, 0.2) is 12.2 Å². The zero-order chi connectivity index (χ0) is 53.8. The summed E-state index contributed by atoms with van der Waals surface area (Å²) in [6, 6.07) is 1.64. The Kier molecular flexibility index (Phi) is 23.4. The molecule has 0 radical (unpaired) electrons. The quantitative estimate of drug-likeness (QED) is 0.0304. The predicted molar refractivity (Wildman–Crippen MR) is 253 cm³/mol. The number of alkyl halides is 2. The summed E-state index contributed by atoms with van der Waals surface area (Å²) in [7, 11) is 0.893. The van der Waals surface area contributed by atoms with Crippen molar-refractivity contribution in [1.82, 2.24) is 26.6 Å². The van der Waals surface area contributed by atoms with Crippen molar-refractivity contribution in [2.24, 2.45) is 0 Å². The first kappa shape index (κ1) is 59.3. The van der Waals surface area contributed by atoms with Gasteiger partial charge in [0, 0.05) is 83.7 Å². The molecule has 6 N–H and O–H groups in total. The number of halogens is 2. The Bertz CT molecular complexity index is 2160. The molecule has 6 amide bonds. The Morgan fingerprint density at radius 3 is 2.07 bits per heavy atom. The number of hydrogen-bond donors (Lipinski definition) is 6. The molecule has 4 rings (SSSR count). The van der Waals surface area contributed by atoms with Crippen LogP contribution in [0.4, 0.5) is 19.3 Å². The fraction of sp³-hybridized carbons (Fsp3) is 0.660. The highest BCUT2D eigenvalue weighted by atomic mass is 32.2. The van der Waals surface area contributed by atoms with Crippen molar-refractivity contribution in [3.8, 4) is 5.75 Å². The van der Waals surface area contributed by atoms with Crippen molar-refractivity contribution in [3.05, 3.63) is 23.8 Å². The number of methoxy groups -OCH3 is 1. The van der Waals surface area contributed by atoms with Crippen LogP contribution in [-0.4, -0.2) is 146 Å². The summed E-state index contributed by atoms with van der Waals surface area (Å²) in [6.45, 7) is 5.12. The molecular formula is C47H66F2N6O17S. The smallest absolute Gasteiger partial charge is 0.379 e. The Morgan fingerprint density at radius 1 is 0.808 bits per heavy atom. The number of nitrogens with one attached hydrogen (secondary N) is 6. The average Bonchev–Trinajstić information content (AvgIpc) is 3.87. The van der Waals surface area contributed by atoms with Gasteiger partial charge in [0.2, 0.25) is 23.6 Å². The first-order valence-electron chi connectivity index (χ1n) is 23.9. The summed E-state index contributed by atoms with van der Waals surface area (Å²) in [5.41, 5.74) is -1.04. The number of carbonyl (C=O) groups is 10. The van der Waals surface area contributed by atoms with Crippen molar-refractivity contribution in [2.75, 3.05) is 37.9 Å². The van der Waals surface area contributed by atoms with E-state index in [9.17, 15) is 56.7 Å². The predicted octanol–water partition coefficient (Wildman–Crippen LogP) is 2.76. The molecule has 3 heterocycles. The second kappa shape index (κ2) is 28.8. The molecule has 9 atom stereocenters. The van der Waals surface area contributed by atoms with Crippen LogP contribution in [0, 0.1) is 0 Å².